The van der Waals surface area contributed by atoms with Crippen LogP contribution in [0.1, 0.15) is 33.0 Å². The quantitative estimate of drug-likeness (QED) is 0.714. The molecule has 2 aromatic rings. The summed E-state index contributed by atoms with van der Waals surface area (Å²) in [5, 5.41) is 13.6. The molecule has 1 aromatic carbocycles. The van der Waals surface area contributed by atoms with E-state index in [0.717, 1.165) is 42.2 Å². The van der Waals surface area contributed by atoms with Gasteiger partial charge in [0, 0.05) is 43.6 Å². The third-order valence-corrected chi connectivity index (χ3v) is 6.17. The standard InChI is InChI=1S/C22H31N3O2S/c1-17-8-9-21(28-17)22(27)23-19-10-12-25(13-11-19)16-20(26)15-24(2)14-18-6-4-3-5-7-18/h3-9,19-20,26H,10-16H2,1-2H3,(H,23,27). The van der Waals surface area contributed by atoms with Crippen LogP contribution in [0.25, 0.3) is 0 Å². The number of likely N-dealkylation sites (tertiary alicyclic amines) is 1. The van der Waals surface area contributed by atoms with Gasteiger partial charge in [0.05, 0.1) is 11.0 Å². The maximum atomic E-state index is 12.3. The summed E-state index contributed by atoms with van der Waals surface area (Å²) >= 11 is 1.54. The van der Waals surface area contributed by atoms with Crippen molar-refractivity contribution in [2.24, 2.45) is 0 Å². The summed E-state index contributed by atoms with van der Waals surface area (Å²) in [4.78, 5) is 18.7. The number of nitrogens with zero attached hydrogens (tertiary/aromatic N) is 2. The highest BCUT2D eigenvalue weighted by atomic mass is 32.1. The number of piperidine rings is 1. The van der Waals surface area contributed by atoms with Crippen molar-refractivity contribution in [1.29, 1.82) is 0 Å². The van der Waals surface area contributed by atoms with E-state index in [9.17, 15) is 9.90 Å². The molecule has 6 heteroatoms. The van der Waals surface area contributed by atoms with Crippen molar-refractivity contribution in [3.8, 4) is 0 Å². The van der Waals surface area contributed by atoms with Crippen LogP contribution in [0.2, 0.25) is 0 Å². The Kier molecular flexibility index (Phi) is 7.62. The number of β-amino-alcohol motifs (C(OH)–C–C–N with tert-alkyl or cyclic N) is 1. The topological polar surface area (TPSA) is 55.8 Å². The summed E-state index contributed by atoms with van der Waals surface area (Å²) in [6.07, 6.45) is 1.50. The molecule has 0 aliphatic carbocycles. The molecule has 2 heterocycles. The molecule has 1 aliphatic heterocycles. The van der Waals surface area contributed by atoms with Crippen LogP contribution >= 0.6 is 11.3 Å². The summed E-state index contributed by atoms with van der Waals surface area (Å²) in [5.74, 6) is 0.0409. The number of aryl methyl sites for hydroxylation is 1. The second-order valence-electron chi connectivity index (χ2n) is 7.79. The Balaban J connectivity index is 1.36. The summed E-state index contributed by atoms with van der Waals surface area (Å²) in [5.41, 5.74) is 1.26. The number of amides is 1. The largest absolute Gasteiger partial charge is 0.390 e. The highest BCUT2D eigenvalue weighted by Gasteiger charge is 2.23. The number of likely N-dealkylation sites (N-methyl/N-ethyl adjacent to an activating group) is 1. The smallest absolute Gasteiger partial charge is 0.261 e. The number of aliphatic hydroxyl groups excluding tert-OH is 1. The minimum absolute atomic E-state index is 0.0409. The second kappa shape index (κ2) is 10.2. The van der Waals surface area contributed by atoms with Gasteiger partial charge in [0.25, 0.3) is 5.91 Å². The summed E-state index contributed by atoms with van der Waals surface area (Å²) in [6, 6.07) is 14.4. The van der Waals surface area contributed by atoms with E-state index in [1.165, 1.54) is 16.9 Å². The molecule has 1 aromatic heterocycles. The van der Waals surface area contributed by atoms with E-state index in [4.69, 9.17) is 0 Å². The zero-order valence-corrected chi connectivity index (χ0v) is 17.6. The molecular formula is C22H31N3O2S. The second-order valence-corrected chi connectivity index (χ2v) is 9.08. The zero-order valence-electron chi connectivity index (χ0n) is 16.8. The van der Waals surface area contributed by atoms with Gasteiger partial charge in [-0.1, -0.05) is 30.3 Å². The Hall–Kier alpha value is -1.73. The van der Waals surface area contributed by atoms with Gasteiger partial charge < -0.3 is 15.3 Å². The van der Waals surface area contributed by atoms with Crippen LogP contribution in [0.3, 0.4) is 0 Å². The molecule has 1 unspecified atom stereocenters. The van der Waals surface area contributed by atoms with E-state index >= 15 is 0 Å². The molecule has 5 nitrogen and oxygen atoms in total. The van der Waals surface area contributed by atoms with Crippen LogP contribution < -0.4 is 5.32 Å². The first-order chi connectivity index (χ1) is 13.5. The van der Waals surface area contributed by atoms with Crippen LogP contribution in [0.5, 0.6) is 0 Å². The summed E-state index contributed by atoms with van der Waals surface area (Å²) in [6.45, 7) is 6.02. The normalized spacial score (nSPS) is 17.0. The monoisotopic (exact) mass is 401 g/mol. The lowest BCUT2D eigenvalue weighted by Gasteiger charge is -2.34. The zero-order chi connectivity index (χ0) is 19.9. The van der Waals surface area contributed by atoms with E-state index < -0.39 is 0 Å². The molecule has 28 heavy (non-hydrogen) atoms. The Morgan fingerprint density at radius 3 is 2.61 bits per heavy atom. The van der Waals surface area contributed by atoms with Gasteiger partial charge in [-0.05, 0) is 44.5 Å². The van der Waals surface area contributed by atoms with Crippen LogP contribution in [0, 0.1) is 6.92 Å². The highest BCUT2D eigenvalue weighted by Crippen LogP contribution is 2.17. The van der Waals surface area contributed by atoms with Crippen molar-refractivity contribution in [2.75, 3.05) is 33.2 Å². The molecule has 0 saturated carbocycles. The molecule has 0 spiro atoms. The molecule has 3 rings (SSSR count). The molecule has 1 amide bonds. The van der Waals surface area contributed by atoms with Crippen molar-refractivity contribution < 1.29 is 9.90 Å². The molecule has 1 atom stereocenters. The van der Waals surface area contributed by atoms with Crippen LogP contribution in [0.15, 0.2) is 42.5 Å². The summed E-state index contributed by atoms with van der Waals surface area (Å²) in [7, 11) is 2.05. The van der Waals surface area contributed by atoms with Crippen molar-refractivity contribution >= 4 is 17.2 Å². The van der Waals surface area contributed by atoms with Crippen molar-refractivity contribution in [3.63, 3.8) is 0 Å². The first kappa shape index (κ1) is 21.0. The maximum Gasteiger partial charge on any atom is 0.261 e. The Bertz CT molecular complexity index is 741. The number of thiophene rings is 1. The first-order valence-electron chi connectivity index (χ1n) is 10.00. The van der Waals surface area contributed by atoms with Gasteiger partial charge >= 0.3 is 0 Å². The number of hydrogen-bond donors (Lipinski definition) is 2. The molecule has 1 saturated heterocycles. The number of hydrogen-bond acceptors (Lipinski definition) is 5. The molecular weight excluding hydrogens is 370 g/mol. The van der Waals surface area contributed by atoms with Gasteiger partial charge in [-0.25, -0.2) is 0 Å². The van der Waals surface area contributed by atoms with Gasteiger partial charge in [0.15, 0.2) is 0 Å². The van der Waals surface area contributed by atoms with Crippen molar-refractivity contribution in [2.45, 2.75) is 38.5 Å². The van der Waals surface area contributed by atoms with E-state index in [-0.39, 0.29) is 18.1 Å². The van der Waals surface area contributed by atoms with E-state index in [0.29, 0.717) is 13.1 Å². The average Bonchev–Trinajstić information content (AvgIpc) is 3.10. The Morgan fingerprint density at radius 2 is 1.96 bits per heavy atom. The minimum atomic E-state index is -0.367. The van der Waals surface area contributed by atoms with Crippen molar-refractivity contribution in [1.82, 2.24) is 15.1 Å². The van der Waals surface area contributed by atoms with Gasteiger partial charge in [0.2, 0.25) is 0 Å². The SMILES string of the molecule is Cc1ccc(C(=O)NC2CCN(CC(O)CN(C)Cc3ccccc3)CC2)s1. The Morgan fingerprint density at radius 1 is 1.25 bits per heavy atom. The molecule has 2 N–H and O–H groups in total. The van der Waals surface area contributed by atoms with E-state index in [2.05, 4.69) is 27.2 Å². The lowest BCUT2D eigenvalue weighted by Crippen LogP contribution is -2.47. The minimum Gasteiger partial charge on any atom is -0.390 e. The molecule has 0 bridgehead atoms. The average molecular weight is 402 g/mol. The van der Waals surface area contributed by atoms with E-state index in [1.807, 2.05) is 44.3 Å². The lowest BCUT2D eigenvalue weighted by atomic mass is 10.0. The highest BCUT2D eigenvalue weighted by molar-refractivity contribution is 7.13. The van der Waals surface area contributed by atoms with Gasteiger partial charge in [-0.3, -0.25) is 9.69 Å². The van der Waals surface area contributed by atoms with Crippen LogP contribution in [0.4, 0.5) is 0 Å². The molecule has 152 valence electrons. The number of aliphatic hydroxyl groups is 1. The first-order valence-corrected chi connectivity index (χ1v) is 10.8. The number of benzene rings is 1. The number of carbonyl (C=O) groups excluding carboxylic acids is 1. The van der Waals surface area contributed by atoms with Crippen molar-refractivity contribution in [3.05, 3.63) is 57.8 Å². The maximum absolute atomic E-state index is 12.3. The molecule has 1 fully saturated rings. The third-order valence-electron chi connectivity index (χ3n) is 5.17. The van der Waals surface area contributed by atoms with Crippen LogP contribution in [-0.4, -0.2) is 66.2 Å². The summed E-state index contributed by atoms with van der Waals surface area (Å²) < 4.78 is 0. The number of carbonyl (C=O) groups is 1. The van der Waals surface area contributed by atoms with Gasteiger partial charge in [-0.2, -0.15) is 0 Å². The molecule has 0 radical (unpaired) electrons. The predicted molar refractivity (Wildman–Crippen MR) is 115 cm³/mol. The van der Waals surface area contributed by atoms with Gasteiger partial charge in [0.1, 0.15) is 0 Å². The fraction of sp³-hybridized carbons (Fsp3) is 0.500. The predicted octanol–water partition coefficient (Wildman–Crippen LogP) is 2.74. The number of rotatable bonds is 8. The Labute approximate surface area is 172 Å². The van der Waals surface area contributed by atoms with Crippen LogP contribution in [-0.2, 0) is 6.54 Å². The van der Waals surface area contributed by atoms with Gasteiger partial charge in [-0.15, -0.1) is 11.3 Å². The fourth-order valence-electron chi connectivity index (χ4n) is 3.75. The molecule has 1 aliphatic rings. The third kappa shape index (κ3) is 6.41. The lowest BCUT2D eigenvalue weighted by molar-refractivity contribution is 0.0659. The number of nitrogens with one attached hydrogen (secondary N) is 1. The fourth-order valence-corrected chi connectivity index (χ4v) is 4.52. The van der Waals surface area contributed by atoms with E-state index in [1.54, 1.807) is 0 Å².